The van der Waals surface area contributed by atoms with Crippen molar-refractivity contribution in [3.63, 3.8) is 0 Å². The monoisotopic (exact) mass is 294 g/mol. The van der Waals surface area contributed by atoms with E-state index in [1.807, 2.05) is 0 Å². The molecule has 120 valence electrons. The molecule has 4 unspecified atom stereocenters. The SMILES string of the molecule is CC1CCC1N1CC(NC2CCCCC2)CC(C(=O)O)C1. The normalized spacial score (nSPS) is 38.9. The van der Waals surface area contributed by atoms with Crippen LogP contribution in [0.1, 0.15) is 58.3 Å². The second-order valence-electron chi connectivity index (χ2n) is 7.55. The summed E-state index contributed by atoms with van der Waals surface area (Å²) in [5, 5.41) is 13.2. The number of piperidine rings is 1. The first-order valence-electron chi connectivity index (χ1n) is 8.86. The first-order valence-corrected chi connectivity index (χ1v) is 8.86. The maximum Gasteiger partial charge on any atom is 0.307 e. The van der Waals surface area contributed by atoms with Gasteiger partial charge in [-0.05, 0) is 38.0 Å². The molecule has 0 amide bonds. The van der Waals surface area contributed by atoms with Gasteiger partial charge in [-0.1, -0.05) is 26.2 Å². The fourth-order valence-electron chi connectivity index (χ4n) is 4.50. The van der Waals surface area contributed by atoms with Gasteiger partial charge in [0.25, 0.3) is 0 Å². The molecule has 3 fully saturated rings. The van der Waals surface area contributed by atoms with E-state index >= 15 is 0 Å². The van der Waals surface area contributed by atoms with Gasteiger partial charge in [0.05, 0.1) is 5.92 Å². The summed E-state index contributed by atoms with van der Waals surface area (Å²) in [6.45, 7) is 4.12. The van der Waals surface area contributed by atoms with Gasteiger partial charge in [-0.3, -0.25) is 9.69 Å². The van der Waals surface area contributed by atoms with Gasteiger partial charge in [-0.25, -0.2) is 0 Å². The van der Waals surface area contributed by atoms with E-state index in [1.54, 1.807) is 0 Å². The summed E-state index contributed by atoms with van der Waals surface area (Å²) in [5.41, 5.74) is 0. The van der Waals surface area contributed by atoms with Crippen molar-refractivity contribution < 1.29 is 9.90 Å². The van der Waals surface area contributed by atoms with E-state index < -0.39 is 5.97 Å². The number of carboxylic acids is 1. The fourth-order valence-corrected chi connectivity index (χ4v) is 4.50. The Morgan fingerprint density at radius 1 is 1.05 bits per heavy atom. The number of carbonyl (C=O) groups is 1. The predicted octanol–water partition coefficient (Wildman–Crippen LogP) is 2.48. The lowest BCUT2D eigenvalue weighted by molar-refractivity contribution is -0.145. The molecule has 0 spiro atoms. The maximum atomic E-state index is 11.5. The van der Waals surface area contributed by atoms with Crippen LogP contribution in [0.4, 0.5) is 0 Å². The van der Waals surface area contributed by atoms with Gasteiger partial charge < -0.3 is 10.4 Å². The van der Waals surface area contributed by atoms with E-state index in [1.165, 1.54) is 44.9 Å². The van der Waals surface area contributed by atoms with Crippen LogP contribution in [0.5, 0.6) is 0 Å². The number of nitrogens with zero attached hydrogens (tertiary/aromatic N) is 1. The molecular formula is C17H30N2O2. The molecule has 3 aliphatic rings. The van der Waals surface area contributed by atoms with Crippen molar-refractivity contribution in [2.75, 3.05) is 13.1 Å². The van der Waals surface area contributed by atoms with Gasteiger partial charge in [0, 0.05) is 31.2 Å². The van der Waals surface area contributed by atoms with E-state index in [4.69, 9.17) is 0 Å². The molecule has 0 radical (unpaired) electrons. The molecule has 1 saturated heterocycles. The Morgan fingerprint density at radius 3 is 2.38 bits per heavy atom. The molecular weight excluding hydrogens is 264 g/mol. The Morgan fingerprint density at radius 2 is 1.81 bits per heavy atom. The second kappa shape index (κ2) is 6.66. The van der Waals surface area contributed by atoms with Crippen LogP contribution in [-0.4, -0.2) is 47.2 Å². The quantitative estimate of drug-likeness (QED) is 0.836. The average Bonchev–Trinajstić information content (AvgIpc) is 2.46. The zero-order valence-electron chi connectivity index (χ0n) is 13.3. The molecule has 3 rings (SSSR count). The summed E-state index contributed by atoms with van der Waals surface area (Å²) in [6, 6.07) is 1.62. The van der Waals surface area contributed by atoms with Crippen LogP contribution in [0.3, 0.4) is 0 Å². The Hall–Kier alpha value is -0.610. The molecule has 4 atom stereocenters. The van der Waals surface area contributed by atoms with Crippen LogP contribution in [0.25, 0.3) is 0 Å². The summed E-state index contributed by atoms with van der Waals surface area (Å²) >= 11 is 0. The van der Waals surface area contributed by atoms with Crippen molar-refractivity contribution in [1.29, 1.82) is 0 Å². The lowest BCUT2D eigenvalue weighted by Crippen LogP contribution is -2.58. The molecule has 0 aromatic rings. The topological polar surface area (TPSA) is 52.6 Å². The predicted molar refractivity (Wildman–Crippen MR) is 83.3 cm³/mol. The highest BCUT2D eigenvalue weighted by Gasteiger charge is 2.39. The minimum atomic E-state index is -0.609. The molecule has 0 bridgehead atoms. The summed E-state index contributed by atoms with van der Waals surface area (Å²) in [5.74, 6) is -0.0531. The summed E-state index contributed by atoms with van der Waals surface area (Å²) < 4.78 is 0. The van der Waals surface area contributed by atoms with Crippen LogP contribution in [0.2, 0.25) is 0 Å². The second-order valence-corrected chi connectivity index (χ2v) is 7.55. The number of hydrogen-bond donors (Lipinski definition) is 2. The Kier molecular flexibility index (Phi) is 4.85. The third-order valence-corrected chi connectivity index (χ3v) is 5.95. The van der Waals surface area contributed by atoms with Crippen molar-refractivity contribution in [1.82, 2.24) is 10.2 Å². The van der Waals surface area contributed by atoms with Gasteiger partial charge in [0.15, 0.2) is 0 Å². The molecule has 4 nitrogen and oxygen atoms in total. The summed E-state index contributed by atoms with van der Waals surface area (Å²) in [6.07, 6.45) is 9.94. The molecule has 2 N–H and O–H groups in total. The highest BCUT2D eigenvalue weighted by Crippen LogP contribution is 2.34. The highest BCUT2D eigenvalue weighted by atomic mass is 16.4. The van der Waals surface area contributed by atoms with Crippen LogP contribution < -0.4 is 5.32 Å². The van der Waals surface area contributed by atoms with E-state index in [9.17, 15) is 9.90 Å². The van der Waals surface area contributed by atoms with Gasteiger partial charge in [0.2, 0.25) is 0 Å². The fraction of sp³-hybridized carbons (Fsp3) is 0.941. The first-order chi connectivity index (χ1) is 10.1. The lowest BCUT2D eigenvalue weighted by atomic mass is 9.78. The number of rotatable bonds is 4. The third kappa shape index (κ3) is 3.59. The minimum Gasteiger partial charge on any atom is -0.481 e. The number of hydrogen-bond acceptors (Lipinski definition) is 3. The average molecular weight is 294 g/mol. The van der Waals surface area contributed by atoms with E-state index in [2.05, 4.69) is 17.1 Å². The van der Waals surface area contributed by atoms with Crippen LogP contribution in [-0.2, 0) is 4.79 Å². The summed E-state index contributed by atoms with van der Waals surface area (Å²) in [7, 11) is 0. The van der Waals surface area contributed by atoms with Gasteiger partial charge in [-0.15, -0.1) is 0 Å². The van der Waals surface area contributed by atoms with Crippen molar-refractivity contribution >= 4 is 5.97 Å². The van der Waals surface area contributed by atoms with E-state index in [0.29, 0.717) is 18.1 Å². The molecule has 0 aromatic carbocycles. The Balaban J connectivity index is 1.60. The molecule has 0 aromatic heterocycles. The summed E-state index contributed by atoms with van der Waals surface area (Å²) in [4.78, 5) is 14.0. The largest absolute Gasteiger partial charge is 0.481 e. The molecule has 21 heavy (non-hydrogen) atoms. The van der Waals surface area contributed by atoms with Gasteiger partial charge in [0.1, 0.15) is 0 Å². The standard InChI is InChI=1S/C17H30N2O2/c1-12-7-8-16(12)19-10-13(17(20)21)9-15(11-19)18-14-5-3-2-4-6-14/h12-16,18H,2-11H2,1H3,(H,20,21). The van der Waals surface area contributed by atoms with E-state index in [-0.39, 0.29) is 5.92 Å². The first kappa shape index (κ1) is 15.3. The van der Waals surface area contributed by atoms with Crippen molar-refractivity contribution in [2.45, 2.75) is 76.4 Å². The van der Waals surface area contributed by atoms with Gasteiger partial charge >= 0.3 is 5.97 Å². The lowest BCUT2D eigenvalue weighted by Gasteiger charge is -2.48. The number of nitrogens with one attached hydrogen (secondary N) is 1. The van der Waals surface area contributed by atoms with E-state index in [0.717, 1.165) is 25.4 Å². The van der Waals surface area contributed by atoms with Gasteiger partial charge in [-0.2, -0.15) is 0 Å². The zero-order chi connectivity index (χ0) is 14.8. The molecule has 2 aliphatic carbocycles. The molecule has 1 aliphatic heterocycles. The number of carboxylic acid groups (broad SMARTS) is 1. The van der Waals surface area contributed by atoms with Crippen molar-refractivity contribution in [2.24, 2.45) is 11.8 Å². The Labute approximate surface area is 128 Å². The Bertz CT molecular complexity index is 368. The van der Waals surface area contributed by atoms with Crippen LogP contribution >= 0.6 is 0 Å². The van der Waals surface area contributed by atoms with Crippen LogP contribution in [0.15, 0.2) is 0 Å². The molecule has 2 saturated carbocycles. The molecule has 1 heterocycles. The smallest absolute Gasteiger partial charge is 0.307 e. The third-order valence-electron chi connectivity index (χ3n) is 5.95. The zero-order valence-corrected chi connectivity index (χ0v) is 13.3. The van der Waals surface area contributed by atoms with Crippen molar-refractivity contribution in [3.05, 3.63) is 0 Å². The number of aliphatic carboxylic acids is 1. The minimum absolute atomic E-state index is 0.187. The van der Waals surface area contributed by atoms with Crippen LogP contribution in [0, 0.1) is 11.8 Å². The highest BCUT2D eigenvalue weighted by molar-refractivity contribution is 5.70. The molecule has 4 heteroatoms. The maximum absolute atomic E-state index is 11.5. The van der Waals surface area contributed by atoms with Crippen molar-refractivity contribution in [3.8, 4) is 0 Å². The number of likely N-dealkylation sites (tertiary alicyclic amines) is 1.